The first-order valence-electron chi connectivity index (χ1n) is 6.16. The van der Waals surface area contributed by atoms with Gasteiger partial charge in [-0.2, -0.15) is 0 Å². The monoisotopic (exact) mass is 289 g/mol. The van der Waals surface area contributed by atoms with Crippen LogP contribution in [0.25, 0.3) is 0 Å². The molecule has 2 aromatic rings. The van der Waals surface area contributed by atoms with E-state index in [1.165, 1.54) is 12.1 Å². The van der Waals surface area contributed by atoms with Crippen LogP contribution in [-0.4, -0.2) is 16.1 Å². The quantitative estimate of drug-likeness (QED) is 0.558. The van der Waals surface area contributed by atoms with Gasteiger partial charge in [-0.3, -0.25) is 4.79 Å². The van der Waals surface area contributed by atoms with Crippen LogP contribution in [0.3, 0.4) is 0 Å². The first kappa shape index (κ1) is 12.8. The fourth-order valence-corrected chi connectivity index (χ4v) is 2.79. The third-order valence-electron chi connectivity index (χ3n) is 3.47. The molecule has 0 saturated heterocycles. The summed E-state index contributed by atoms with van der Waals surface area (Å²) in [5.41, 5.74) is 2.07. The minimum absolute atomic E-state index is 0.146. The molecule has 1 heterocycles. The predicted molar refractivity (Wildman–Crippen MR) is 76.3 cm³/mol. The molecule has 0 aromatic heterocycles. The SMILES string of the molecule is O=C1CC(c2ccccc2Cl)c2cc(O)c(O)cc2N1. The zero-order valence-electron chi connectivity index (χ0n) is 10.4. The van der Waals surface area contributed by atoms with Crippen molar-refractivity contribution < 1.29 is 15.0 Å². The van der Waals surface area contributed by atoms with E-state index in [4.69, 9.17) is 11.6 Å². The van der Waals surface area contributed by atoms with Gasteiger partial charge in [0.1, 0.15) is 0 Å². The normalized spacial score (nSPS) is 17.4. The van der Waals surface area contributed by atoms with E-state index in [9.17, 15) is 15.0 Å². The Morgan fingerprint density at radius 2 is 1.80 bits per heavy atom. The minimum Gasteiger partial charge on any atom is -0.504 e. The number of anilines is 1. The van der Waals surface area contributed by atoms with E-state index in [0.29, 0.717) is 10.7 Å². The predicted octanol–water partition coefficient (Wildman–Crippen LogP) is 3.23. The lowest BCUT2D eigenvalue weighted by Crippen LogP contribution is -2.23. The Bertz CT molecular complexity index is 700. The summed E-state index contributed by atoms with van der Waals surface area (Å²) in [5.74, 6) is -0.854. The van der Waals surface area contributed by atoms with Crippen molar-refractivity contribution in [2.75, 3.05) is 5.32 Å². The van der Waals surface area contributed by atoms with E-state index < -0.39 is 0 Å². The molecule has 3 rings (SSSR count). The van der Waals surface area contributed by atoms with Gasteiger partial charge in [0.05, 0.1) is 0 Å². The highest BCUT2D eigenvalue weighted by molar-refractivity contribution is 6.31. The molecule has 0 spiro atoms. The number of hydrogen-bond donors (Lipinski definition) is 3. The molecule has 0 bridgehead atoms. The summed E-state index contributed by atoms with van der Waals surface area (Å²) in [6, 6.07) is 10.1. The Kier molecular flexibility index (Phi) is 3.03. The summed E-state index contributed by atoms with van der Waals surface area (Å²) in [6.45, 7) is 0. The Balaban J connectivity index is 2.17. The largest absolute Gasteiger partial charge is 0.504 e. The van der Waals surface area contributed by atoms with Crippen LogP contribution in [0.2, 0.25) is 5.02 Å². The maximum absolute atomic E-state index is 11.8. The van der Waals surface area contributed by atoms with E-state index in [1.54, 1.807) is 6.07 Å². The van der Waals surface area contributed by atoms with E-state index in [2.05, 4.69) is 5.32 Å². The van der Waals surface area contributed by atoms with Gasteiger partial charge < -0.3 is 15.5 Å². The van der Waals surface area contributed by atoms with Gasteiger partial charge in [-0.1, -0.05) is 29.8 Å². The van der Waals surface area contributed by atoms with E-state index >= 15 is 0 Å². The maximum Gasteiger partial charge on any atom is 0.225 e. The Labute approximate surface area is 120 Å². The molecule has 20 heavy (non-hydrogen) atoms. The highest BCUT2D eigenvalue weighted by Gasteiger charge is 2.29. The van der Waals surface area contributed by atoms with E-state index in [1.807, 2.05) is 18.2 Å². The minimum atomic E-state index is -0.260. The van der Waals surface area contributed by atoms with Crippen LogP contribution in [0.5, 0.6) is 11.5 Å². The summed E-state index contributed by atoms with van der Waals surface area (Å²) in [4.78, 5) is 11.8. The van der Waals surface area contributed by atoms with Crippen LogP contribution in [0, 0.1) is 0 Å². The van der Waals surface area contributed by atoms with Crippen molar-refractivity contribution in [3.05, 3.63) is 52.5 Å². The second-order valence-corrected chi connectivity index (χ2v) is 5.16. The molecule has 2 aromatic carbocycles. The van der Waals surface area contributed by atoms with Crippen LogP contribution >= 0.6 is 11.6 Å². The molecule has 1 aliphatic heterocycles. The smallest absolute Gasteiger partial charge is 0.225 e. The van der Waals surface area contributed by atoms with Crippen LogP contribution in [0.1, 0.15) is 23.5 Å². The van der Waals surface area contributed by atoms with Crippen LogP contribution in [-0.2, 0) is 4.79 Å². The van der Waals surface area contributed by atoms with Gasteiger partial charge in [-0.25, -0.2) is 0 Å². The van der Waals surface area contributed by atoms with Gasteiger partial charge >= 0.3 is 0 Å². The standard InChI is InChI=1S/C15H12ClNO3/c16-11-4-2-1-3-8(11)9-6-15(20)17-12-7-14(19)13(18)5-10(9)12/h1-5,7,9,18-19H,6H2,(H,17,20). The highest BCUT2D eigenvalue weighted by Crippen LogP contribution is 2.43. The van der Waals surface area contributed by atoms with Gasteiger partial charge in [-0.05, 0) is 23.3 Å². The number of benzene rings is 2. The van der Waals surface area contributed by atoms with Crippen molar-refractivity contribution >= 4 is 23.2 Å². The van der Waals surface area contributed by atoms with Crippen LogP contribution < -0.4 is 5.32 Å². The lowest BCUT2D eigenvalue weighted by Gasteiger charge is -2.27. The first-order chi connectivity index (χ1) is 9.56. The Morgan fingerprint density at radius 3 is 2.55 bits per heavy atom. The first-order valence-corrected chi connectivity index (χ1v) is 6.54. The average Bonchev–Trinajstić information content (AvgIpc) is 2.41. The summed E-state index contributed by atoms with van der Waals surface area (Å²) in [6.07, 6.45) is 0.251. The molecule has 0 saturated carbocycles. The van der Waals surface area contributed by atoms with Gasteiger partial charge in [0.2, 0.25) is 5.91 Å². The zero-order valence-corrected chi connectivity index (χ0v) is 11.2. The number of halogens is 1. The van der Waals surface area contributed by atoms with Gasteiger partial charge in [-0.15, -0.1) is 0 Å². The van der Waals surface area contributed by atoms with Crippen molar-refractivity contribution in [1.82, 2.24) is 0 Å². The van der Waals surface area contributed by atoms with Crippen molar-refractivity contribution in [2.24, 2.45) is 0 Å². The molecule has 102 valence electrons. The number of aromatic hydroxyl groups is 2. The fraction of sp³-hybridized carbons (Fsp3) is 0.133. The number of carbonyl (C=O) groups excluding carboxylic acids is 1. The maximum atomic E-state index is 11.8. The summed E-state index contributed by atoms with van der Waals surface area (Å²) < 4.78 is 0. The van der Waals surface area contributed by atoms with Gasteiger partial charge in [0.15, 0.2) is 11.5 Å². The molecular weight excluding hydrogens is 278 g/mol. The number of amides is 1. The van der Waals surface area contributed by atoms with Crippen molar-refractivity contribution in [1.29, 1.82) is 0 Å². The van der Waals surface area contributed by atoms with E-state index in [-0.39, 0.29) is 29.7 Å². The van der Waals surface area contributed by atoms with Crippen molar-refractivity contribution in [3.63, 3.8) is 0 Å². The number of phenolic OH excluding ortho intramolecular Hbond substituents is 2. The lowest BCUT2D eigenvalue weighted by atomic mass is 9.84. The molecule has 0 fully saturated rings. The fourth-order valence-electron chi connectivity index (χ4n) is 2.52. The van der Waals surface area contributed by atoms with Crippen LogP contribution in [0.4, 0.5) is 5.69 Å². The van der Waals surface area contributed by atoms with E-state index in [0.717, 1.165) is 11.1 Å². The summed E-state index contributed by atoms with van der Waals surface area (Å²) in [5, 5.41) is 22.5. The number of carbonyl (C=O) groups is 1. The van der Waals surface area contributed by atoms with Crippen molar-refractivity contribution in [3.8, 4) is 11.5 Å². The number of hydrogen-bond acceptors (Lipinski definition) is 3. The molecule has 1 atom stereocenters. The molecule has 1 amide bonds. The molecule has 3 N–H and O–H groups in total. The Hall–Kier alpha value is -2.20. The van der Waals surface area contributed by atoms with Crippen molar-refractivity contribution in [2.45, 2.75) is 12.3 Å². The molecule has 4 nitrogen and oxygen atoms in total. The van der Waals surface area contributed by atoms with Gasteiger partial charge in [0, 0.05) is 29.1 Å². The Morgan fingerprint density at radius 1 is 1.10 bits per heavy atom. The molecule has 0 aliphatic carbocycles. The van der Waals surface area contributed by atoms with Gasteiger partial charge in [0.25, 0.3) is 0 Å². The number of rotatable bonds is 1. The molecule has 1 aliphatic rings. The number of phenols is 2. The second kappa shape index (κ2) is 4.72. The zero-order chi connectivity index (χ0) is 14.3. The summed E-state index contributed by atoms with van der Waals surface area (Å²) >= 11 is 6.20. The third kappa shape index (κ3) is 2.08. The number of fused-ring (bicyclic) bond motifs is 1. The number of nitrogens with one attached hydrogen (secondary N) is 1. The molecule has 0 radical (unpaired) electrons. The second-order valence-electron chi connectivity index (χ2n) is 4.75. The molecule has 5 heteroatoms. The molecule has 1 unspecified atom stereocenters. The average molecular weight is 290 g/mol. The third-order valence-corrected chi connectivity index (χ3v) is 3.81. The summed E-state index contributed by atoms with van der Waals surface area (Å²) in [7, 11) is 0. The topological polar surface area (TPSA) is 69.6 Å². The highest BCUT2D eigenvalue weighted by atomic mass is 35.5. The lowest BCUT2D eigenvalue weighted by molar-refractivity contribution is -0.116. The molecular formula is C15H12ClNO3. The van der Waals surface area contributed by atoms with Crippen LogP contribution in [0.15, 0.2) is 36.4 Å².